The number of nitrogens with one attached hydrogen (secondary N) is 1. The van der Waals surface area contributed by atoms with Crippen molar-refractivity contribution in [2.24, 2.45) is 11.7 Å². The van der Waals surface area contributed by atoms with Crippen LogP contribution >= 0.6 is 0 Å². The molecule has 1 aromatic rings. The third-order valence-corrected chi connectivity index (χ3v) is 2.91. The molecule has 0 heterocycles. The predicted octanol–water partition coefficient (Wildman–Crippen LogP) is 2.19. The van der Waals surface area contributed by atoms with Crippen LogP contribution in [0.15, 0.2) is 24.3 Å². The Morgan fingerprint density at radius 3 is 2.68 bits per heavy atom. The Labute approximate surface area is 115 Å². The molecule has 1 rings (SSSR count). The number of anilines is 1. The van der Waals surface area contributed by atoms with Crippen LogP contribution in [-0.2, 0) is 16.0 Å². The highest BCUT2D eigenvalue weighted by Crippen LogP contribution is 2.16. The molecule has 1 amide bonds. The van der Waals surface area contributed by atoms with Crippen LogP contribution < -0.4 is 11.1 Å². The number of carbonyl (C=O) groups is 1. The fourth-order valence-electron chi connectivity index (χ4n) is 1.91. The van der Waals surface area contributed by atoms with Crippen LogP contribution in [0.3, 0.4) is 0 Å². The third-order valence-electron chi connectivity index (χ3n) is 2.91. The lowest BCUT2D eigenvalue weighted by Gasteiger charge is -2.16. The molecule has 0 aliphatic carbocycles. The van der Waals surface area contributed by atoms with Crippen molar-refractivity contribution in [2.45, 2.75) is 32.7 Å². The van der Waals surface area contributed by atoms with Crippen LogP contribution in [0.4, 0.5) is 5.69 Å². The molecular weight excluding hydrogens is 240 g/mol. The van der Waals surface area contributed by atoms with Crippen LogP contribution in [0, 0.1) is 5.92 Å². The van der Waals surface area contributed by atoms with Crippen molar-refractivity contribution in [3.8, 4) is 0 Å². The van der Waals surface area contributed by atoms with Gasteiger partial charge >= 0.3 is 0 Å². The van der Waals surface area contributed by atoms with Crippen LogP contribution in [0.25, 0.3) is 0 Å². The molecule has 0 saturated heterocycles. The molecule has 3 N–H and O–H groups in total. The highest BCUT2D eigenvalue weighted by molar-refractivity contribution is 5.95. The van der Waals surface area contributed by atoms with Gasteiger partial charge in [0.2, 0.25) is 5.91 Å². The smallest absolute Gasteiger partial charge is 0.241 e. The van der Waals surface area contributed by atoms with Crippen LogP contribution in [0.2, 0.25) is 0 Å². The van der Waals surface area contributed by atoms with Crippen molar-refractivity contribution in [1.82, 2.24) is 0 Å². The van der Waals surface area contributed by atoms with E-state index in [-0.39, 0.29) is 5.91 Å². The van der Waals surface area contributed by atoms with Crippen LogP contribution in [0.1, 0.15) is 25.8 Å². The van der Waals surface area contributed by atoms with Gasteiger partial charge in [-0.3, -0.25) is 4.79 Å². The molecule has 0 spiro atoms. The zero-order valence-electron chi connectivity index (χ0n) is 12.0. The summed E-state index contributed by atoms with van der Waals surface area (Å²) >= 11 is 0. The maximum absolute atomic E-state index is 12.0. The van der Waals surface area contributed by atoms with Gasteiger partial charge in [-0.1, -0.05) is 32.0 Å². The number of nitrogens with two attached hydrogens (primary N) is 1. The average Bonchev–Trinajstić information content (AvgIpc) is 2.36. The van der Waals surface area contributed by atoms with E-state index in [0.29, 0.717) is 18.9 Å². The quantitative estimate of drug-likeness (QED) is 0.793. The van der Waals surface area contributed by atoms with Crippen molar-refractivity contribution in [1.29, 1.82) is 0 Å². The van der Waals surface area contributed by atoms with Gasteiger partial charge in [-0.15, -0.1) is 0 Å². The first-order valence-corrected chi connectivity index (χ1v) is 6.68. The number of hydrogen-bond donors (Lipinski definition) is 2. The van der Waals surface area contributed by atoms with Crippen LogP contribution in [-0.4, -0.2) is 25.7 Å². The molecule has 4 heteroatoms. The molecule has 0 aliphatic heterocycles. The van der Waals surface area contributed by atoms with E-state index in [4.69, 9.17) is 10.5 Å². The summed E-state index contributed by atoms with van der Waals surface area (Å²) in [5.41, 5.74) is 7.77. The summed E-state index contributed by atoms with van der Waals surface area (Å²) in [5, 5.41) is 2.91. The maximum atomic E-state index is 12.0. The number of hydrogen-bond acceptors (Lipinski definition) is 3. The van der Waals surface area contributed by atoms with E-state index in [9.17, 15) is 4.79 Å². The highest BCUT2D eigenvalue weighted by atomic mass is 16.5. The average molecular weight is 264 g/mol. The molecule has 1 aromatic carbocycles. The van der Waals surface area contributed by atoms with Gasteiger partial charge in [-0.25, -0.2) is 0 Å². The molecular formula is C15H24N2O2. The minimum atomic E-state index is -0.463. The first-order valence-electron chi connectivity index (χ1n) is 6.68. The lowest BCUT2D eigenvalue weighted by Crippen LogP contribution is -2.36. The van der Waals surface area contributed by atoms with E-state index in [1.54, 1.807) is 7.11 Å². The van der Waals surface area contributed by atoms with Crippen LogP contribution in [0.5, 0.6) is 0 Å². The van der Waals surface area contributed by atoms with Crippen molar-refractivity contribution in [3.63, 3.8) is 0 Å². The normalized spacial score (nSPS) is 12.5. The Bertz CT molecular complexity index is 405. The van der Waals surface area contributed by atoms with Gasteiger partial charge in [0.1, 0.15) is 0 Å². The second kappa shape index (κ2) is 7.92. The zero-order valence-corrected chi connectivity index (χ0v) is 12.0. The molecule has 0 radical (unpaired) electrons. The number of methoxy groups -OCH3 is 1. The van der Waals surface area contributed by atoms with Gasteiger partial charge in [0.15, 0.2) is 0 Å². The number of rotatable bonds is 7. The molecule has 0 saturated carbocycles. The molecule has 0 fully saturated rings. The molecule has 4 nitrogen and oxygen atoms in total. The van der Waals surface area contributed by atoms with E-state index >= 15 is 0 Å². The van der Waals surface area contributed by atoms with Crippen molar-refractivity contribution >= 4 is 11.6 Å². The number of carbonyl (C=O) groups excluding carboxylic acids is 1. The van der Waals surface area contributed by atoms with Gasteiger partial charge in [0, 0.05) is 12.8 Å². The molecule has 19 heavy (non-hydrogen) atoms. The lowest BCUT2D eigenvalue weighted by molar-refractivity contribution is -0.117. The third kappa shape index (κ3) is 5.41. The minimum absolute atomic E-state index is 0.126. The minimum Gasteiger partial charge on any atom is -0.384 e. The molecule has 0 aliphatic rings. The molecule has 1 atom stereocenters. The zero-order chi connectivity index (χ0) is 14.3. The monoisotopic (exact) mass is 264 g/mol. The summed E-state index contributed by atoms with van der Waals surface area (Å²) in [6.45, 7) is 4.74. The second-order valence-electron chi connectivity index (χ2n) is 5.13. The summed E-state index contributed by atoms with van der Waals surface area (Å²) < 4.78 is 5.07. The highest BCUT2D eigenvalue weighted by Gasteiger charge is 2.16. The van der Waals surface area contributed by atoms with Crippen molar-refractivity contribution in [2.75, 3.05) is 19.0 Å². The summed E-state index contributed by atoms with van der Waals surface area (Å²) in [4.78, 5) is 12.0. The second-order valence-corrected chi connectivity index (χ2v) is 5.13. The predicted molar refractivity (Wildman–Crippen MR) is 78.1 cm³/mol. The number of para-hydroxylation sites is 1. The topological polar surface area (TPSA) is 64.3 Å². The van der Waals surface area contributed by atoms with Crippen molar-refractivity contribution in [3.05, 3.63) is 29.8 Å². The Hall–Kier alpha value is -1.39. The lowest BCUT2D eigenvalue weighted by atomic mass is 10.0. The molecule has 106 valence electrons. The largest absolute Gasteiger partial charge is 0.384 e. The van der Waals surface area contributed by atoms with E-state index in [2.05, 4.69) is 19.2 Å². The van der Waals surface area contributed by atoms with Gasteiger partial charge in [0.25, 0.3) is 0 Å². The first-order chi connectivity index (χ1) is 9.04. The maximum Gasteiger partial charge on any atom is 0.241 e. The number of amides is 1. The Kier molecular flexibility index (Phi) is 6.53. The van der Waals surface area contributed by atoms with Gasteiger partial charge in [-0.05, 0) is 30.4 Å². The summed E-state index contributed by atoms with van der Waals surface area (Å²) in [6.07, 6.45) is 1.46. The van der Waals surface area contributed by atoms with Gasteiger partial charge in [0.05, 0.1) is 12.6 Å². The molecule has 0 aromatic heterocycles. The standard InChI is InChI=1S/C15H24N2O2/c1-11(2)10-13(16)15(18)17-14-7-5-4-6-12(14)8-9-19-3/h4-7,11,13H,8-10,16H2,1-3H3,(H,17,18)/t13-/m1/s1. The van der Waals surface area contributed by atoms with Gasteiger partial charge in [-0.2, -0.15) is 0 Å². The summed E-state index contributed by atoms with van der Waals surface area (Å²) in [6, 6.07) is 7.28. The van der Waals surface area contributed by atoms with E-state index in [1.807, 2.05) is 24.3 Å². The van der Waals surface area contributed by atoms with Gasteiger partial charge < -0.3 is 15.8 Å². The van der Waals surface area contributed by atoms with E-state index in [1.165, 1.54) is 0 Å². The molecule has 0 unspecified atom stereocenters. The summed E-state index contributed by atoms with van der Waals surface area (Å²) in [7, 11) is 1.67. The Balaban J connectivity index is 2.67. The van der Waals surface area contributed by atoms with E-state index < -0.39 is 6.04 Å². The summed E-state index contributed by atoms with van der Waals surface area (Å²) in [5.74, 6) is 0.281. The fourth-order valence-corrected chi connectivity index (χ4v) is 1.91. The first kappa shape index (κ1) is 15.7. The van der Waals surface area contributed by atoms with E-state index in [0.717, 1.165) is 17.7 Å². The Morgan fingerprint density at radius 2 is 2.05 bits per heavy atom. The fraction of sp³-hybridized carbons (Fsp3) is 0.533. The Morgan fingerprint density at radius 1 is 1.37 bits per heavy atom. The number of ether oxygens (including phenoxy) is 1. The number of benzene rings is 1. The SMILES string of the molecule is COCCc1ccccc1NC(=O)[C@H](N)CC(C)C. The molecule has 0 bridgehead atoms. The van der Waals surface area contributed by atoms with Crippen molar-refractivity contribution < 1.29 is 9.53 Å².